The molecule has 0 bridgehead atoms. The Labute approximate surface area is 188 Å². The number of hydrogen-bond acceptors (Lipinski definition) is 5. The predicted octanol–water partition coefficient (Wildman–Crippen LogP) is 7.00. The molecule has 5 nitrogen and oxygen atoms in total. The second-order valence-corrected chi connectivity index (χ2v) is 7.53. The Kier molecular flexibility index (Phi) is 5.44. The summed E-state index contributed by atoms with van der Waals surface area (Å²) in [5.74, 6) is 1.62. The van der Waals surface area contributed by atoms with E-state index in [2.05, 4.69) is 15.3 Å². The minimum Gasteiger partial charge on any atom is -0.487 e. The summed E-state index contributed by atoms with van der Waals surface area (Å²) in [6, 6.07) is 21.2. The third kappa shape index (κ3) is 4.26. The Morgan fingerprint density at radius 2 is 1.91 bits per heavy atom. The zero-order valence-corrected chi connectivity index (χ0v) is 17.5. The van der Waals surface area contributed by atoms with E-state index in [1.807, 2.05) is 36.4 Å². The van der Waals surface area contributed by atoms with Crippen molar-refractivity contribution in [2.24, 2.45) is 0 Å². The molecule has 0 aliphatic rings. The van der Waals surface area contributed by atoms with Gasteiger partial charge in [-0.2, -0.15) is 0 Å². The molecule has 0 amide bonds. The third-order valence-electron chi connectivity index (χ3n) is 4.92. The Morgan fingerprint density at radius 1 is 0.969 bits per heavy atom. The molecule has 0 aliphatic heterocycles. The molecule has 0 radical (unpaired) electrons. The molecule has 0 spiro atoms. The molecule has 0 atom stereocenters. The summed E-state index contributed by atoms with van der Waals surface area (Å²) in [6.45, 7) is 0.219. The maximum Gasteiger partial charge on any atom is 0.141 e. The van der Waals surface area contributed by atoms with Crippen LogP contribution in [-0.4, -0.2) is 9.97 Å². The molecule has 0 saturated heterocycles. The largest absolute Gasteiger partial charge is 0.487 e. The van der Waals surface area contributed by atoms with Gasteiger partial charge in [-0.3, -0.25) is 0 Å². The number of aromatic nitrogens is 2. The fourth-order valence-corrected chi connectivity index (χ4v) is 3.61. The van der Waals surface area contributed by atoms with Crippen LogP contribution >= 0.6 is 11.6 Å². The Morgan fingerprint density at radius 3 is 2.72 bits per heavy atom. The van der Waals surface area contributed by atoms with Crippen LogP contribution in [0.5, 0.6) is 5.75 Å². The van der Waals surface area contributed by atoms with Gasteiger partial charge in [-0.25, -0.2) is 14.4 Å². The van der Waals surface area contributed by atoms with Crippen LogP contribution in [-0.2, 0) is 6.61 Å². The first kappa shape index (κ1) is 20.0. The van der Waals surface area contributed by atoms with Gasteiger partial charge in [-0.05, 0) is 66.2 Å². The summed E-state index contributed by atoms with van der Waals surface area (Å²) in [6.07, 6.45) is 3.15. The lowest BCUT2D eigenvalue weighted by Gasteiger charge is -2.12. The van der Waals surface area contributed by atoms with Crippen LogP contribution in [0.15, 0.2) is 89.8 Å². The van der Waals surface area contributed by atoms with Gasteiger partial charge < -0.3 is 14.5 Å². The van der Waals surface area contributed by atoms with Crippen molar-refractivity contribution in [3.63, 3.8) is 0 Å². The zero-order chi connectivity index (χ0) is 21.9. The first-order valence-electron chi connectivity index (χ1n) is 9.88. The van der Waals surface area contributed by atoms with Crippen molar-refractivity contribution in [1.29, 1.82) is 0 Å². The van der Waals surface area contributed by atoms with Crippen LogP contribution in [0, 0.1) is 5.82 Å². The van der Waals surface area contributed by atoms with Crippen LogP contribution in [0.3, 0.4) is 0 Å². The number of anilines is 2. The minimum atomic E-state index is -0.302. The summed E-state index contributed by atoms with van der Waals surface area (Å²) in [7, 11) is 0. The van der Waals surface area contributed by atoms with Gasteiger partial charge in [0.15, 0.2) is 0 Å². The zero-order valence-electron chi connectivity index (χ0n) is 16.8. The van der Waals surface area contributed by atoms with Crippen LogP contribution < -0.4 is 10.1 Å². The summed E-state index contributed by atoms with van der Waals surface area (Å²) < 4.78 is 24.6. The molecule has 0 fully saturated rings. The molecule has 0 aliphatic carbocycles. The number of nitrogens with zero attached hydrogens (tertiary/aromatic N) is 2. The van der Waals surface area contributed by atoms with Crippen LogP contribution in [0.2, 0.25) is 5.02 Å². The quantitative estimate of drug-likeness (QED) is 0.304. The predicted molar refractivity (Wildman–Crippen MR) is 123 cm³/mol. The topological polar surface area (TPSA) is 60.2 Å². The first-order valence-corrected chi connectivity index (χ1v) is 10.3. The standard InChI is InChI=1S/C25H17ClFN3O2/c26-21-13-19(7-9-24(21)32-14-16-3-1-4-18(27)11-16)30-25-20-12-17(23-5-2-10-31-23)6-8-22(20)28-15-29-25/h1-13,15H,14H2,(H,28,29,30). The summed E-state index contributed by atoms with van der Waals surface area (Å²) >= 11 is 6.42. The second kappa shape index (κ2) is 8.69. The van der Waals surface area contributed by atoms with Crippen molar-refractivity contribution in [2.75, 3.05) is 5.32 Å². The fourth-order valence-electron chi connectivity index (χ4n) is 3.37. The van der Waals surface area contributed by atoms with Crippen LogP contribution in [0.4, 0.5) is 15.9 Å². The highest BCUT2D eigenvalue weighted by molar-refractivity contribution is 6.32. The Hall–Kier alpha value is -3.90. The number of ether oxygens (including phenoxy) is 1. The van der Waals surface area contributed by atoms with Crippen molar-refractivity contribution in [3.05, 3.63) is 102 Å². The number of nitrogens with one attached hydrogen (secondary N) is 1. The van der Waals surface area contributed by atoms with Gasteiger partial charge in [0.2, 0.25) is 0 Å². The first-order chi connectivity index (χ1) is 15.7. The molecule has 2 heterocycles. The highest BCUT2D eigenvalue weighted by Crippen LogP contribution is 2.32. The number of furan rings is 1. The maximum absolute atomic E-state index is 13.3. The summed E-state index contributed by atoms with van der Waals surface area (Å²) in [5, 5.41) is 4.58. The molecular weight excluding hydrogens is 429 g/mol. The molecule has 1 N–H and O–H groups in total. The number of fused-ring (bicyclic) bond motifs is 1. The lowest BCUT2D eigenvalue weighted by molar-refractivity contribution is 0.306. The van der Waals surface area contributed by atoms with Crippen molar-refractivity contribution < 1.29 is 13.5 Å². The molecule has 5 rings (SSSR count). The fraction of sp³-hybridized carbons (Fsp3) is 0.0400. The van der Waals surface area contributed by atoms with Gasteiger partial charge in [0.1, 0.15) is 36.1 Å². The molecule has 158 valence electrons. The number of halogens is 2. The summed E-state index contributed by atoms with van der Waals surface area (Å²) in [5.41, 5.74) is 3.21. The molecular formula is C25H17ClFN3O2. The van der Waals surface area contributed by atoms with Gasteiger partial charge in [-0.1, -0.05) is 23.7 Å². The molecule has 32 heavy (non-hydrogen) atoms. The van der Waals surface area contributed by atoms with E-state index in [-0.39, 0.29) is 12.4 Å². The van der Waals surface area contributed by atoms with Gasteiger partial charge in [0, 0.05) is 16.6 Å². The van der Waals surface area contributed by atoms with Crippen molar-refractivity contribution >= 4 is 34.0 Å². The normalized spacial score (nSPS) is 10.9. The van der Waals surface area contributed by atoms with Gasteiger partial charge in [0.25, 0.3) is 0 Å². The average molecular weight is 446 g/mol. The SMILES string of the molecule is Fc1cccc(COc2ccc(Nc3ncnc4ccc(-c5ccco5)cc34)cc2Cl)c1. The number of hydrogen-bond donors (Lipinski definition) is 1. The van der Waals surface area contributed by atoms with Gasteiger partial charge >= 0.3 is 0 Å². The molecule has 7 heteroatoms. The molecule has 5 aromatic rings. The van der Waals surface area contributed by atoms with E-state index in [0.29, 0.717) is 16.6 Å². The van der Waals surface area contributed by atoms with Gasteiger partial charge in [-0.15, -0.1) is 0 Å². The van der Waals surface area contributed by atoms with E-state index in [9.17, 15) is 4.39 Å². The Bertz CT molecular complexity index is 1390. The molecule has 3 aromatic carbocycles. The smallest absolute Gasteiger partial charge is 0.141 e. The lowest BCUT2D eigenvalue weighted by atomic mass is 10.1. The number of benzene rings is 3. The van der Waals surface area contributed by atoms with E-state index in [4.69, 9.17) is 20.8 Å². The lowest BCUT2D eigenvalue weighted by Crippen LogP contribution is -1.98. The summed E-state index contributed by atoms with van der Waals surface area (Å²) in [4.78, 5) is 8.74. The second-order valence-electron chi connectivity index (χ2n) is 7.12. The monoisotopic (exact) mass is 445 g/mol. The highest BCUT2D eigenvalue weighted by Gasteiger charge is 2.10. The van der Waals surface area contributed by atoms with Crippen LogP contribution in [0.25, 0.3) is 22.2 Å². The van der Waals surface area contributed by atoms with Crippen molar-refractivity contribution in [1.82, 2.24) is 9.97 Å². The molecule has 0 unspecified atom stereocenters. The van der Waals surface area contributed by atoms with Gasteiger partial charge in [0.05, 0.1) is 16.8 Å². The van der Waals surface area contributed by atoms with Crippen molar-refractivity contribution in [2.45, 2.75) is 6.61 Å². The Balaban J connectivity index is 1.38. The third-order valence-corrected chi connectivity index (χ3v) is 5.21. The average Bonchev–Trinajstić information content (AvgIpc) is 3.34. The van der Waals surface area contributed by atoms with Crippen molar-refractivity contribution in [3.8, 4) is 17.1 Å². The number of rotatable bonds is 6. The highest BCUT2D eigenvalue weighted by atomic mass is 35.5. The molecule has 0 saturated carbocycles. The van der Waals surface area contributed by atoms with E-state index in [1.165, 1.54) is 18.5 Å². The van der Waals surface area contributed by atoms with E-state index in [0.717, 1.165) is 33.5 Å². The van der Waals surface area contributed by atoms with Crippen LogP contribution in [0.1, 0.15) is 5.56 Å². The van der Waals surface area contributed by atoms with E-state index in [1.54, 1.807) is 30.5 Å². The molecule has 2 aromatic heterocycles. The maximum atomic E-state index is 13.3. The van der Waals surface area contributed by atoms with E-state index < -0.39 is 0 Å². The van der Waals surface area contributed by atoms with E-state index >= 15 is 0 Å². The minimum absolute atomic E-state index is 0.219.